The van der Waals surface area contributed by atoms with E-state index in [0.29, 0.717) is 13.2 Å². The molecule has 0 saturated carbocycles. The molecule has 90 valence electrons. The fourth-order valence-electron chi connectivity index (χ4n) is 0.272. The Morgan fingerprint density at radius 2 is 1.27 bits per heavy atom. The molecule has 15 heavy (non-hydrogen) atoms. The maximum absolute atomic E-state index is 8.29. The first-order valence-corrected chi connectivity index (χ1v) is 4.50. The number of ether oxygens (including phenoxy) is 2. The lowest BCUT2D eigenvalue weighted by atomic mass is 10.8. The van der Waals surface area contributed by atoms with E-state index >= 15 is 0 Å². The lowest BCUT2D eigenvalue weighted by Gasteiger charge is -1.89. The van der Waals surface area contributed by atoms with Gasteiger partial charge in [0.15, 0.2) is 0 Å². The molecule has 7 heteroatoms. The van der Waals surface area contributed by atoms with Crippen LogP contribution in [0.25, 0.3) is 0 Å². The summed E-state index contributed by atoms with van der Waals surface area (Å²) in [6.07, 6.45) is 2.60. The van der Waals surface area contributed by atoms with E-state index in [2.05, 4.69) is 22.6 Å². The fraction of sp³-hybridized carbons (Fsp3) is 0.500. The van der Waals surface area contributed by atoms with Gasteiger partial charge in [-0.3, -0.25) is 0 Å². The molecule has 0 spiro atoms. The Hall–Kier alpha value is -1.18. The molecule has 0 saturated heterocycles. The smallest absolute Gasteiger partial charge is 0.335 e. The van der Waals surface area contributed by atoms with E-state index in [1.807, 2.05) is 0 Å². The second-order valence-electron chi connectivity index (χ2n) is 1.59. The van der Waals surface area contributed by atoms with E-state index in [4.69, 9.17) is 18.6 Å². The summed E-state index contributed by atoms with van der Waals surface area (Å²) in [5.41, 5.74) is 0. The second kappa shape index (κ2) is 29.3. The van der Waals surface area contributed by atoms with Gasteiger partial charge in [-0.1, -0.05) is 13.2 Å². The van der Waals surface area contributed by atoms with E-state index in [0.717, 1.165) is 0 Å². The number of rotatable bonds is 6. The molecule has 0 radical (unpaired) electrons. The third-order valence-electron chi connectivity index (χ3n) is 0.654. The Morgan fingerprint density at radius 1 is 1.00 bits per heavy atom. The van der Waals surface area contributed by atoms with Gasteiger partial charge in [0.1, 0.15) is 13.2 Å². The molecule has 0 amide bonds. The summed E-state index contributed by atoms with van der Waals surface area (Å²) in [5.74, 6) is 0. The Bertz CT molecular complexity index is 143. The molecule has 0 fully saturated rings. The van der Waals surface area contributed by atoms with Crippen LogP contribution in [-0.4, -0.2) is 45.1 Å². The lowest BCUT2D eigenvalue weighted by Crippen LogP contribution is -1.90. The van der Waals surface area contributed by atoms with Crippen LogP contribution in [0.3, 0.4) is 0 Å². The summed E-state index contributed by atoms with van der Waals surface area (Å²) >= 11 is -0.750. The van der Waals surface area contributed by atoms with Gasteiger partial charge in [-0.05, 0) is 0 Å². The third kappa shape index (κ3) is 64.6. The molecule has 0 aliphatic carbocycles. The lowest BCUT2D eigenvalue weighted by molar-refractivity contribution is 0.166. The highest BCUT2D eigenvalue weighted by atomic mass is 32.1. The maximum Gasteiger partial charge on any atom is 0.335 e. The molecule has 0 unspecified atom stereocenters. The van der Waals surface area contributed by atoms with Crippen molar-refractivity contribution in [2.75, 3.05) is 26.4 Å². The van der Waals surface area contributed by atoms with Gasteiger partial charge in [0.25, 0.3) is 0 Å². The maximum atomic E-state index is 8.29. The van der Waals surface area contributed by atoms with Gasteiger partial charge in [-0.2, -0.15) is 8.42 Å². The van der Waals surface area contributed by atoms with Crippen LogP contribution in [0.2, 0.25) is 0 Å². The molecule has 2 N–H and O–H groups in total. The van der Waals surface area contributed by atoms with Gasteiger partial charge in [-0.25, -0.2) is 0 Å². The van der Waals surface area contributed by atoms with Crippen molar-refractivity contribution < 1.29 is 28.1 Å². The minimum absolute atomic E-state index is 0.0615. The molecular formula is C8H16O6S. The van der Waals surface area contributed by atoms with E-state index in [-0.39, 0.29) is 13.2 Å². The molecule has 0 bridgehead atoms. The largest absolute Gasteiger partial charge is 0.499 e. The molecule has 0 rings (SSSR count). The van der Waals surface area contributed by atoms with Gasteiger partial charge in [-0.15, -0.1) is 0 Å². The first kappa shape index (κ1) is 19.4. The molecule has 0 aliphatic rings. The highest BCUT2D eigenvalue weighted by Crippen LogP contribution is 1.67. The summed E-state index contributed by atoms with van der Waals surface area (Å²) in [4.78, 5) is 0. The predicted octanol–water partition coefficient (Wildman–Crippen LogP) is -0.393. The van der Waals surface area contributed by atoms with Crippen LogP contribution in [0.4, 0.5) is 0 Å². The first-order valence-electron chi connectivity index (χ1n) is 3.83. The van der Waals surface area contributed by atoms with Crippen molar-refractivity contribution >= 4 is 11.6 Å². The molecular weight excluding hydrogens is 224 g/mol. The Kier molecular flexibility index (Phi) is 37.9. The Morgan fingerprint density at radius 3 is 1.33 bits per heavy atom. The van der Waals surface area contributed by atoms with E-state index < -0.39 is 11.6 Å². The number of hydrogen-bond acceptors (Lipinski definition) is 6. The fourth-order valence-corrected chi connectivity index (χ4v) is 0.272. The number of aliphatic hydroxyl groups is 2. The van der Waals surface area contributed by atoms with E-state index in [1.165, 1.54) is 12.5 Å². The van der Waals surface area contributed by atoms with Gasteiger partial charge in [0.05, 0.1) is 25.7 Å². The van der Waals surface area contributed by atoms with Crippen LogP contribution in [-0.2, 0) is 21.0 Å². The van der Waals surface area contributed by atoms with Crippen molar-refractivity contribution in [1.82, 2.24) is 0 Å². The van der Waals surface area contributed by atoms with Crippen LogP contribution in [0, 0.1) is 0 Å². The molecule has 0 aromatic heterocycles. The van der Waals surface area contributed by atoms with Crippen LogP contribution >= 0.6 is 0 Å². The van der Waals surface area contributed by atoms with Crippen LogP contribution in [0.15, 0.2) is 25.7 Å². The minimum Gasteiger partial charge on any atom is -0.499 e. The minimum atomic E-state index is -0.750. The van der Waals surface area contributed by atoms with Gasteiger partial charge >= 0.3 is 11.6 Å². The number of hydrogen-bond donors (Lipinski definition) is 2. The Labute approximate surface area is 92.4 Å². The van der Waals surface area contributed by atoms with Gasteiger partial charge in [0.2, 0.25) is 0 Å². The summed E-state index contributed by atoms with van der Waals surface area (Å²) < 4.78 is 25.6. The molecule has 0 heterocycles. The van der Waals surface area contributed by atoms with Crippen LogP contribution in [0.1, 0.15) is 0 Å². The molecule has 0 aliphatic heterocycles. The summed E-state index contributed by atoms with van der Waals surface area (Å²) in [6.45, 7) is 7.35. The standard InChI is InChI=1S/2C4H8O2.O2S/c2*1-2-6-4-3-5;1-3-2/h2*2,5H,1,3-4H2;. The highest BCUT2D eigenvalue weighted by molar-refractivity contribution is 7.51. The van der Waals surface area contributed by atoms with Crippen molar-refractivity contribution in [2.24, 2.45) is 0 Å². The zero-order valence-corrected chi connectivity index (χ0v) is 9.15. The first-order chi connectivity index (χ1) is 7.24. The van der Waals surface area contributed by atoms with Crippen molar-refractivity contribution in [3.63, 3.8) is 0 Å². The molecule has 0 aromatic rings. The van der Waals surface area contributed by atoms with Crippen molar-refractivity contribution in [3.8, 4) is 0 Å². The molecule has 6 nitrogen and oxygen atoms in total. The SMILES string of the molecule is C=COCCO.C=COCCO.O=S=O. The predicted molar refractivity (Wildman–Crippen MR) is 55.4 cm³/mol. The van der Waals surface area contributed by atoms with Gasteiger partial charge < -0.3 is 19.7 Å². The summed E-state index contributed by atoms with van der Waals surface area (Å²) in [6, 6.07) is 0. The number of aliphatic hydroxyl groups excluding tert-OH is 2. The topological polar surface area (TPSA) is 93.1 Å². The molecule has 0 aromatic carbocycles. The van der Waals surface area contributed by atoms with Crippen molar-refractivity contribution in [1.29, 1.82) is 0 Å². The third-order valence-corrected chi connectivity index (χ3v) is 0.654. The van der Waals surface area contributed by atoms with E-state index in [9.17, 15) is 0 Å². The zero-order valence-electron chi connectivity index (χ0n) is 8.33. The van der Waals surface area contributed by atoms with Crippen LogP contribution < -0.4 is 0 Å². The normalized spacial score (nSPS) is 6.80. The summed E-state index contributed by atoms with van der Waals surface area (Å²) in [7, 11) is 0. The van der Waals surface area contributed by atoms with Crippen LogP contribution in [0.5, 0.6) is 0 Å². The monoisotopic (exact) mass is 240 g/mol. The Balaban J connectivity index is -0.000000153. The van der Waals surface area contributed by atoms with Crippen molar-refractivity contribution in [3.05, 3.63) is 25.7 Å². The average Bonchev–Trinajstić information content (AvgIpc) is 2.25. The summed E-state index contributed by atoms with van der Waals surface area (Å²) in [5, 5.41) is 16.0. The highest BCUT2D eigenvalue weighted by Gasteiger charge is 1.70. The quantitative estimate of drug-likeness (QED) is 0.485. The zero-order chi connectivity index (χ0) is 12.4. The van der Waals surface area contributed by atoms with Crippen molar-refractivity contribution in [2.45, 2.75) is 0 Å². The average molecular weight is 240 g/mol. The molecule has 0 atom stereocenters. The van der Waals surface area contributed by atoms with E-state index in [1.54, 1.807) is 0 Å². The second-order valence-corrected chi connectivity index (χ2v) is 1.73. The van der Waals surface area contributed by atoms with Gasteiger partial charge in [0, 0.05) is 0 Å².